The van der Waals surface area contributed by atoms with E-state index < -0.39 is 0 Å². The van der Waals surface area contributed by atoms with Crippen LogP contribution in [0.1, 0.15) is 12.8 Å². The highest BCUT2D eigenvalue weighted by molar-refractivity contribution is 5.82. The molecule has 124 valence electrons. The molecule has 1 atom stereocenters. The Hall–Kier alpha value is -1.18. The summed E-state index contributed by atoms with van der Waals surface area (Å²) in [6.07, 6.45) is 2.26. The number of nitrogens with zero attached hydrogens (tertiary/aromatic N) is 3. The second kappa shape index (κ2) is 7.39. The third-order valence-corrected chi connectivity index (χ3v) is 4.72. The molecule has 0 aromatic rings. The maximum atomic E-state index is 12.4. The Morgan fingerprint density at radius 2 is 1.73 bits per heavy atom. The lowest BCUT2D eigenvalue weighted by atomic mass is 10.2. The molecular weight excluding hydrogens is 284 g/mol. The van der Waals surface area contributed by atoms with Crippen molar-refractivity contribution in [1.29, 1.82) is 0 Å². The first kappa shape index (κ1) is 15.7. The van der Waals surface area contributed by atoms with E-state index in [0.29, 0.717) is 32.8 Å². The van der Waals surface area contributed by atoms with E-state index in [1.165, 1.54) is 0 Å². The van der Waals surface area contributed by atoms with Gasteiger partial charge in [0.05, 0.1) is 19.8 Å². The first-order chi connectivity index (χ1) is 10.7. The number of rotatable bonds is 3. The van der Waals surface area contributed by atoms with Crippen LogP contribution in [0.25, 0.3) is 0 Å². The van der Waals surface area contributed by atoms with Gasteiger partial charge in [0.15, 0.2) is 0 Å². The van der Waals surface area contributed by atoms with Crippen LogP contribution in [-0.2, 0) is 14.3 Å². The minimum absolute atomic E-state index is 0.130. The van der Waals surface area contributed by atoms with Gasteiger partial charge in [0.25, 0.3) is 0 Å². The van der Waals surface area contributed by atoms with Crippen LogP contribution in [0.4, 0.5) is 0 Å². The molecule has 3 aliphatic heterocycles. The Bertz CT molecular complexity index is 398. The number of carbonyl (C=O) groups is 2. The lowest BCUT2D eigenvalue weighted by Crippen LogP contribution is -2.57. The minimum atomic E-state index is -0.202. The molecule has 0 aliphatic carbocycles. The highest BCUT2D eigenvalue weighted by Gasteiger charge is 2.29. The zero-order chi connectivity index (χ0) is 15.4. The van der Waals surface area contributed by atoms with Crippen molar-refractivity contribution in [3.8, 4) is 0 Å². The van der Waals surface area contributed by atoms with Crippen molar-refractivity contribution in [3.05, 3.63) is 0 Å². The molecule has 7 heteroatoms. The summed E-state index contributed by atoms with van der Waals surface area (Å²) in [6, 6.07) is -0.202. The number of morpholine rings is 1. The van der Waals surface area contributed by atoms with E-state index in [9.17, 15) is 9.59 Å². The van der Waals surface area contributed by atoms with Crippen LogP contribution in [0.3, 0.4) is 0 Å². The summed E-state index contributed by atoms with van der Waals surface area (Å²) in [4.78, 5) is 30.5. The number of ether oxygens (including phenoxy) is 1. The Morgan fingerprint density at radius 1 is 1.00 bits per heavy atom. The number of carbonyl (C=O) groups excluding carboxylic acids is 2. The summed E-state index contributed by atoms with van der Waals surface area (Å²) in [7, 11) is 0. The molecule has 0 aromatic carbocycles. The maximum absolute atomic E-state index is 12.4. The summed E-state index contributed by atoms with van der Waals surface area (Å²) in [5.41, 5.74) is 0. The van der Waals surface area contributed by atoms with E-state index in [1.54, 1.807) is 0 Å². The maximum Gasteiger partial charge on any atom is 0.242 e. The molecule has 22 heavy (non-hydrogen) atoms. The molecule has 2 amide bonds. The van der Waals surface area contributed by atoms with Crippen LogP contribution in [0.15, 0.2) is 0 Å². The summed E-state index contributed by atoms with van der Waals surface area (Å²) in [5, 5.41) is 3.21. The van der Waals surface area contributed by atoms with Crippen molar-refractivity contribution in [3.63, 3.8) is 0 Å². The molecule has 7 nitrogen and oxygen atoms in total. The molecule has 0 saturated carbocycles. The van der Waals surface area contributed by atoms with E-state index in [0.717, 1.165) is 45.6 Å². The zero-order valence-electron chi connectivity index (χ0n) is 13.1. The van der Waals surface area contributed by atoms with Gasteiger partial charge in [-0.1, -0.05) is 0 Å². The van der Waals surface area contributed by atoms with Gasteiger partial charge < -0.3 is 19.9 Å². The van der Waals surface area contributed by atoms with Gasteiger partial charge in [-0.3, -0.25) is 14.5 Å². The Balaban J connectivity index is 1.41. The summed E-state index contributed by atoms with van der Waals surface area (Å²) in [5.74, 6) is 0.366. The molecular formula is C15H26N4O3. The molecule has 3 rings (SSSR count). The van der Waals surface area contributed by atoms with Crippen LogP contribution in [0.2, 0.25) is 0 Å². The zero-order valence-corrected chi connectivity index (χ0v) is 13.1. The van der Waals surface area contributed by atoms with Gasteiger partial charge in [0.1, 0.15) is 6.04 Å². The third-order valence-electron chi connectivity index (χ3n) is 4.72. The highest BCUT2D eigenvalue weighted by Crippen LogP contribution is 2.10. The molecule has 0 bridgehead atoms. The molecule has 1 N–H and O–H groups in total. The Morgan fingerprint density at radius 3 is 2.36 bits per heavy atom. The van der Waals surface area contributed by atoms with Crippen molar-refractivity contribution < 1.29 is 14.3 Å². The van der Waals surface area contributed by atoms with Crippen molar-refractivity contribution in [1.82, 2.24) is 20.0 Å². The molecule has 1 unspecified atom stereocenters. The van der Waals surface area contributed by atoms with Gasteiger partial charge in [-0.25, -0.2) is 0 Å². The third kappa shape index (κ3) is 3.77. The standard InChI is InChI=1S/C15H26N4O3/c20-14(18-4-1-2-5-18)11-17-6-8-19(9-7-17)15(21)13-12-22-10-3-16-13/h13,16H,1-12H2. The smallest absolute Gasteiger partial charge is 0.242 e. The largest absolute Gasteiger partial charge is 0.378 e. The summed E-state index contributed by atoms with van der Waals surface area (Å²) < 4.78 is 5.35. The average Bonchev–Trinajstić information content (AvgIpc) is 3.10. The van der Waals surface area contributed by atoms with Gasteiger partial charge in [0, 0.05) is 45.8 Å². The van der Waals surface area contributed by atoms with Gasteiger partial charge in [-0.2, -0.15) is 0 Å². The van der Waals surface area contributed by atoms with Gasteiger partial charge >= 0.3 is 0 Å². The first-order valence-corrected chi connectivity index (χ1v) is 8.34. The van der Waals surface area contributed by atoms with Crippen molar-refractivity contribution in [2.45, 2.75) is 18.9 Å². The quantitative estimate of drug-likeness (QED) is 0.705. The van der Waals surface area contributed by atoms with Crippen LogP contribution in [0, 0.1) is 0 Å². The summed E-state index contributed by atoms with van der Waals surface area (Å²) in [6.45, 7) is 7.14. The molecule has 3 saturated heterocycles. The monoisotopic (exact) mass is 310 g/mol. The summed E-state index contributed by atoms with van der Waals surface area (Å²) >= 11 is 0. The van der Waals surface area contributed by atoms with E-state index in [1.807, 2.05) is 9.80 Å². The topological polar surface area (TPSA) is 65.1 Å². The number of nitrogens with one attached hydrogen (secondary N) is 1. The Kier molecular flexibility index (Phi) is 5.28. The van der Waals surface area contributed by atoms with Gasteiger partial charge in [-0.15, -0.1) is 0 Å². The lowest BCUT2D eigenvalue weighted by molar-refractivity contribution is -0.138. The highest BCUT2D eigenvalue weighted by atomic mass is 16.5. The molecule has 0 aromatic heterocycles. The van der Waals surface area contributed by atoms with Gasteiger partial charge in [-0.05, 0) is 12.8 Å². The molecule has 3 heterocycles. The number of piperazine rings is 1. The Labute approximate surface area is 131 Å². The fourth-order valence-corrected chi connectivity index (χ4v) is 3.33. The average molecular weight is 310 g/mol. The van der Waals surface area contributed by atoms with Crippen molar-refractivity contribution >= 4 is 11.8 Å². The number of likely N-dealkylation sites (tertiary alicyclic amines) is 1. The van der Waals surface area contributed by atoms with E-state index in [2.05, 4.69) is 10.2 Å². The second-order valence-electron chi connectivity index (χ2n) is 6.27. The van der Waals surface area contributed by atoms with E-state index in [4.69, 9.17) is 4.74 Å². The van der Waals surface area contributed by atoms with Crippen LogP contribution in [0.5, 0.6) is 0 Å². The number of amides is 2. The van der Waals surface area contributed by atoms with Crippen molar-refractivity contribution in [2.24, 2.45) is 0 Å². The predicted octanol–water partition coefficient (Wildman–Crippen LogP) is -1.26. The number of hydrogen-bond acceptors (Lipinski definition) is 5. The van der Waals surface area contributed by atoms with Gasteiger partial charge in [0.2, 0.25) is 11.8 Å². The fraction of sp³-hybridized carbons (Fsp3) is 0.867. The second-order valence-corrected chi connectivity index (χ2v) is 6.27. The normalized spacial score (nSPS) is 27.2. The fourth-order valence-electron chi connectivity index (χ4n) is 3.33. The van der Waals surface area contributed by atoms with Crippen LogP contribution in [-0.4, -0.2) is 98.1 Å². The van der Waals surface area contributed by atoms with Crippen LogP contribution >= 0.6 is 0 Å². The van der Waals surface area contributed by atoms with Crippen molar-refractivity contribution in [2.75, 3.05) is 65.6 Å². The van der Waals surface area contributed by atoms with Crippen LogP contribution < -0.4 is 5.32 Å². The number of hydrogen-bond donors (Lipinski definition) is 1. The van der Waals surface area contributed by atoms with E-state index >= 15 is 0 Å². The molecule has 3 fully saturated rings. The van der Waals surface area contributed by atoms with E-state index in [-0.39, 0.29) is 17.9 Å². The molecule has 0 spiro atoms. The molecule has 0 radical (unpaired) electrons. The predicted molar refractivity (Wildman–Crippen MR) is 81.4 cm³/mol. The SMILES string of the molecule is O=C(CN1CCN(C(=O)C2COCCN2)CC1)N1CCCC1. The minimum Gasteiger partial charge on any atom is -0.378 e. The first-order valence-electron chi connectivity index (χ1n) is 8.34. The lowest BCUT2D eigenvalue weighted by Gasteiger charge is -2.37. The molecule has 3 aliphatic rings.